The summed E-state index contributed by atoms with van der Waals surface area (Å²) in [5.41, 5.74) is 1.08. The van der Waals surface area contributed by atoms with Gasteiger partial charge in [-0.25, -0.2) is 4.68 Å². The van der Waals surface area contributed by atoms with Crippen molar-refractivity contribution in [3.63, 3.8) is 0 Å². The van der Waals surface area contributed by atoms with Crippen LogP contribution < -0.4 is 10.6 Å². The van der Waals surface area contributed by atoms with E-state index in [9.17, 15) is 9.59 Å². The van der Waals surface area contributed by atoms with Gasteiger partial charge in [0, 0.05) is 24.8 Å². The molecule has 2 aromatic rings. The zero-order valence-electron chi connectivity index (χ0n) is 12.2. The molecule has 1 aromatic heterocycles. The molecule has 22 heavy (non-hydrogen) atoms. The molecular formula is C13H16N6O2S. The van der Waals surface area contributed by atoms with Crippen molar-refractivity contribution >= 4 is 29.3 Å². The maximum absolute atomic E-state index is 11.9. The third kappa shape index (κ3) is 4.29. The predicted octanol–water partition coefficient (Wildman–Crippen LogP) is 0.691. The third-order valence-corrected chi connectivity index (χ3v) is 3.67. The summed E-state index contributed by atoms with van der Waals surface area (Å²) in [6.07, 6.45) is 0. The number of carbonyl (C=O) groups excluding carboxylic acids is 2. The first-order chi connectivity index (χ1) is 10.6. The van der Waals surface area contributed by atoms with Crippen LogP contribution in [0.5, 0.6) is 0 Å². The summed E-state index contributed by atoms with van der Waals surface area (Å²) in [6, 6.07) is 6.78. The van der Waals surface area contributed by atoms with Crippen LogP contribution in [0, 0.1) is 0 Å². The van der Waals surface area contributed by atoms with Crippen LogP contribution in [0.25, 0.3) is 0 Å². The van der Waals surface area contributed by atoms with Crippen LogP contribution in [0.15, 0.2) is 29.4 Å². The lowest BCUT2D eigenvalue weighted by Crippen LogP contribution is -2.23. The number of nitrogens with zero attached hydrogens (tertiary/aromatic N) is 4. The number of carbonyl (C=O) groups is 2. The molecule has 2 amide bonds. The molecule has 0 saturated heterocycles. The van der Waals surface area contributed by atoms with E-state index in [0.717, 1.165) is 0 Å². The topological polar surface area (TPSA) is 102 Å². The Balaban J connectivity index is 1.92. The SMILES string of the molecule is CCNC(=O)c1cccc(NC(=O)CSc2nnnn2C)c1. The van der Waals surface area contributed by atoms with E-state index >= 15 is 0 Å². The van der Waals surface area contributed by atoms with Crippen molar-refractivity contribution in [2.75, 3.05) is 17.6 Å². The molecule has 2 rings (SSSR count). The molecule has 0 bridgehead atoms. The average molecular weight is 320 g/mol. The molecule has 0 fully saturated rings. The summed E-state index contributed by atoms with van der Waals surface area (Å²) in [5, 5.41) is 17.0. The van der Waals surface area contributed by atoms with Gasteiger partial charge in [-0.05, 0) is 35.5 Å². The molecule has 0 unspecified atom stereocenters. The highest BCUT2D eigenvalue weighted by atomic mass is 32.2. The van der Waals surface area contributed by atoms with E-state index < -0.39 is 0 Å². The molecule has 0 radical (unpaired) electrons. The summed E-state index contributed by atoms with van der Waals surface area (Å²) < 4.78 is 1.49. The number of thioether (sulfide) groups is 1. The molecule has 2 N–H and O–H groups in total. The van der Waals surface area contributed by atoms with Crippen LogP contribution in [0.4, 0.5) is 5.69 Å². The minimum atomic E-state index is -0.193. The predicted molar refractivity (Wildman–Crippen MR) is 82.6 cm³/mol. The van der Waals surface area contributed by atoms with Gasteiger partial charge in [0.25, 0.3) is 5.91 Å². The molecule has 0 saturated carbocycles. The smallest absolute Gasteiger partial charge is 0.251 e. The first kappa shape index (κ1) is 16.0. The number of aryl methyl sites for hydroxylation is 1. The largest absolute Gasteiger partial charge is 0.352 e. The standard InChI is InChI=1S/C13H16N6O2S/c1-3-14-12(21)9-5-4-6-10(7-9)15-11(20)8-22-13-16-17-18-19(13)2/h4-7H,3,8H2,1-2H3,(H,14,21)(H,15,20). The second kappa shape index (κ2) is 7.55. The van der Waals surface area contributed by atoms with Gasteiger partial charge in [-0.1, -0.05) is 17.8 Å². The Hall–Kier alpha value is -2.42. The lowest BCUT2D eigenvalue weighted by atomic mass is 10.2. The van der Waals surface area contributed by atoms with Crippen LogP contribution >= 0.6 is 11.8 Å². The second-order valence-electron chi connectivity index (χ2n) is 4.36. The monoisotopic (exact) mass is 320 g/mol. The Morgan fingerprint density at radius 1 is 1.36 bits per heavy atom. The molecule has 0 aliphatic heterocycles. The number of aromatic nitrogens is 4. The van der Waals surface area contributed by atoms with Crippen molar-refractivity contribution in [1.29, 1.82) is 0 Å². The molecule has 1 aromatic carbocycles. The maximum Gasteiger partial charge on any atom is 0.251 e. The zero-order valence-corrected chi connectivity index (χ0v) is 13.1. The quantitative estimate of drug-likeness (QED) is 0.759. The van der Waals surface area contributed by atoms with Gasteiger partial charge in [0.15, 0.2) is 0 Å². The molecule has 116 valence electrons. The number of hydrogen-bond acceptors (Lipinski definition) is 6. The lowest BCUT2D eigenvalue weighted by molar-refractivity contribution is -0.113. The van der Waals surface area contributed by atoms with Crippen LogP contribution in [0.2, 0.25) is 0 Å². The van der Waals surface area contributed by atoms with Crippen molar-refractivity contribution in [3.8, 4) is 0 Å². The minimum Gasteiger partial charge on any atom is -0.352 e. The Morgan fingerprint density at radius 3 is 2.86 bits per heavy atom. The van der Waals surface area contributed by atoms with E-state index in [4.69, 9.17) is 0 Å². The van der Waals surface area contributed by atoms with Crippen molar-refractivity contribution in [3.05, 3.63) is 29.8 Å². The Morgan fingerprint density at radius 2 is 2.18 bits per heavy atom. The first-order valence-electron chi connectivity index (χ1n) is 6.63. The fourth-order valence-electron chi connectivity index (χ4n) is 1.67. The molecule has 0 aliphatic rings. The van der Waals surface area contributed by atoms with Gasteiger partial charge in [0.2, 0.25) is 11.1 Å². The first-order valence-corrected chi connectivity index (χ1v) is 7.62. The summed E-state index contributed by atoms with van der Waals surface area (Å²) in [6.45, 7) is 2.40. The molecule has 0 spiro atoms. The lowest BCUT2D eigenvalue weighted by Gasteiger charge is -2.07. The van der Waals surface area contributed by atoms with Crippen LogP contribution in [0.3, 0.4) is 0 Å². The molecule has 0 aliphatic carbocycles. The Kier molecular flexibility index (Phi) is 5.48. The number of anilines is 1. The van der Waals surface area contributed by atoms with E-state index in [1.165, 1.54) is 16.4 Å². The summed E-state index contributed by atoms with van der Waals surface area (Å²) in [7, 11) is 1.70. The van der Waals surface area contributed by atoms with Gasteiger partial charge in [-0.3, -0.25) is 9.59 Å². The van der Waals surface area contributed by atoms with E-state index in [0.29, 0.717) is 23.0 Å². The van der Waals surface area contributed by atoms with Crippen molar-refractivity contribution in [1.82, 2.24) is 25.5 Å². The van der Waals surface area contributed by atoms with Gasteiger partial charge in [0.1, 0.15) is 0 Å². The van der Waals surface area contributed by atoms with Gasteiger partial charge in [-0.15, -0.1) is 5.10 Å². The number of hydrogen-bond donors (Lipinski definition) is 2. The maximum atomic E-state index is 11.9. The molecule has 9 heteroatoms. The van der Waals surface area contributed by atoms with Gasteiger partial charge in [-0.2, -0.15) is 0 Å². The van der Waals surface area contributed by atoms with Crippen molar-refractivity contribution in [2.24, 2.45) is 7.05 Å². The summed E-state index contributed by atoms with van der Waals surface area (Å²) in [5.74, 6) is -0.182. The van der Waals surface area contributed by atoms with Crippen LogP contribution in [-0.2, 0) is 11.8 Å². The highest BCUT2D eigenvalue weighted by Crippen LogP contribution is 2.14. The summed E-state index contributed by atoms with van der Waals surface area (Å²) in [4.78, 5) is 23.7. The fourth-order valence-corrected chi connectivity index (χ4v) is 2.32. The molecule has 8 nitrogen and oxygen atoms in total. The van der Waals surface area contributed by atoms with Gasteiger partial charge < -0.3 is 10.6 Å². The van der Waals surface area contributed by atoms with E-state index in [1.54, 1.807) is 31.3 Å². The number of amides is 2. The molecule has 0 atom stereocenters. The number of tetrazole rings is 1. The van der Waals surface area contributed by atoms with Crippen molar-refractivity contribution < 1.29 is 9.59 Å². The van der Waals surface area contributed by atoms with E-state index in [-0.39, 0.29) is 17.6 Å². The van der Waals surface area contributed by atoms with E-state index in [1.807, 2.05) is 6.92 Å². The van der Waals surface area contributed by atoms with Gasteiger partial charge in [0.05, 0.1) is 5.75 Å². The Labute approximate surface area is 131 Å². The zero-order chi connectivity index (χ0) is 15.9. The highest BCUT2D eigenvalue weighted by Gasteiger charge is 2.09. The van der Waals surface area contributed by atoms with Gasteiger partial charge >= 0.3 is 0 Å². The normalized spacial score (nSPS) is 10.3. The van der Waals surface area contributed by atoms with E-state index in [2.05, 4.69) is 26.2 Å². The molecule has 1 heterocycles. The third-order valence-electron chi connectivity index (χ3n) is 2.66. The fraction of sp³-hybridized carbons (Fsp3) is 0.308. The van der Waals surface area contributed by atoms with Crippen LogP contribution in [-0.4, -0.2) is 44.3 Å². The minimum absolute atomic E-state index is 0.168. The molecular weight excluding hydrogens is 304 g/mol. The van der Waals surface area contributed by atoms with Crippen LogP contribution in [0.1, 0.15) is 17.3 Å². The Bertz CT molecular complexity index is 672. The average Bonchev–Trinajstić information content (AvgIpc) is 2.91. The van der Waals surface area contributed by atoms with Crippen molar-refractivity contribution in [2.45, 2.75) is 12.1 Å². The number of rotatable bonds is 6. The number of nitrogens with one attached hydrogen (secondary N) is 2. The number of benzene rings is 1. The second-order valence-corrected chi connectivity index (χ2v) is 5.30. The highest BCUT2D eigenvalue weighted by molar-refractivity contribution is 7.99. The summed E-state index contributed by atoms with van der Waals surface area (Å²) >= 11 is 1.24.